The fourth-order valence-electron chi connectivity index (χ4n) is 4.99. The lowest BCUT2D eigenvalue weighted by molar-refractivity contribution is -0.187. The Kier molecular flexibility index (Phi) is 6.87. The quantitative estimate of drug-likeness (QED) is 0.363. The molecule has 5 rings (SSSR count). The molecule has 0 radical (unpaired) electrons. The number of rotatable bonds is 6. The average Bonchev–Trinajstić information content (AvgIpc) is 3.61. The third kappa shape index (κ3) is 4.81. The SMILES string of the molecule is CC(N(Cc1ccc(F)cc1)C(=O)CN1C(=O)O[C@@]2(CCc3cc(-c4ccc(C#N)s4)ccc32)C1=O)C(F)(F)F. The first-order valence-electron chi connectivity index (χ1n) is 12.2. The lowest BCUT2D eigenvalue weighted by atomic mass is 9.94. The summed E-state index contributed by atoms with van der Waals surface area (Å²) in [6, 6.07) is 13.2. The van der Waals surface area contributed by atoms with Gasteiger partial charge < -0.3 is 9.64 Å². The van der Waals surface area contributed by atoms with Crippen LogP contribution in [-0.4, -0.2) is 46.5 Å². The van der Waals surface area contributed by atoms with E-state index < -0.39 is 54.6 Å². The predicted octanol–water partition coefficient (Wildman–Crippen LogP) is 5.53. The molecule has 1 fully saturated rings. The van der Waals surface area contributed by atoms with Gasteiger partial charge in [-0.1, -0.05) is 24.3 Å². The molecule has 0 saturated carbocycles. The van der Waals surface area contributed by atoms with Crippen LogP contribution in [0.5, 0.6) is 0 Å². The van der Waals surface area contributed by atoms with Crippen LogP contribution >= 0.6 is 11.3 Å². The number of fused-ring (bicyclic) bond motifs is 2. The van der Waals surface area contributed by atoms with Crippen molar-refractivity contribution in [3.05, 3.63) is 82.0 Å². The molecule has 2 aromatic carbocycles. The molecule has 1 saturated heterocycles. The molecule has 40 heavy (non-hydrogen) atoms. The molecule has 12 heteroatoms. The Hall–Kier alpha value is -4.24. The van der Waals surface area contributed by atoms with Gasteiger partial charge in [0.25, 0.3) is 5.91 Å². The van der Waals surface area contributed by atoms with Crippen molar-refractivity contribution in [3.63, 3.8) is 0 Å². The number of hydrogen-bond donors (Lipinski definition) is 0. The molecule has 3 aromatic rings. The molecular weight excluding hydrogens is 550 g/mol. The number of carbonyl (C=O) groups excluding carboxylic acids is 3. The smallest absolute Gasteiger partial charge is 0.418 e. The zero-order chi connectivity index (χ0) is 28.8. The minimum absolute atomic E-state index is 0.118. The summed E-state index contributed by atoms with van der Waals surface area (Å²) >= 11 is 1.31. The van der Waals surface area contributed by atoms with Gasteiger partial charge in [0, 0.05) is 23.4 Å². The molecule has 0 bridgehead atoms. The molecule has 2 aliphatic rings. The van der Waals surface area contributed by atoms with E-state index in [-0.39, 0.29) is 12.0 Å². The first kappa shape index (κ1) is 27.3. The van der Waals surface area contributed by atoms with Crippen LogP contribution in [0.2, 0.25) is 0 Å². The van der Waals surface area contributed by atoms with E-state index in [1.54, 1.807) is 18.2 Å². The zero-order valence-corrected chi connectivity index (χ0v) is 21.8. The molecule has 1 spiro atoms. The molecule has 206 valence electrons. The van der Waals surface area contributed by atoms with E-state index in [1.807, 2.05) is 12.1 Å². The van der Waals surface area contributed by atoms with E-state index in [0.717, 1.165) is 35.1 Å². The average molecular weight is 572 g/mol. The maximum atomic E-state index is 13.6. The number of alkyl halides is 3. The summed E-state index contributed by atoms with van der Waals surface area (Å²) in [5.41, 5.74) is 0.598. The molecule has 1 aliphatic heterocycles. The van der Waals surface area contributed by atoms with Crippen LogP contribution in [0.15, 0.2) is 54.6 Å². The summed E-state index contributed by atoms with van der Waals surface area (Å²) < 4.78 is 59.7. The molecule has 7 nitrogen and oxygen atoms in total. The van der Waals surface area contributed by atoms with Crippen LogP contribution < -0.4 is 0 Å². The lowest BCUT2D eigenvalue weighted by Crippen LogP contribution is -2.51. The number of nitrogens with zero attached hydrogens (tertiary/aromatic N) is 3. The van der Waals surface area contributed by atoms with Gasteiger partial charge in [-0.2, -0.15) is 18.4 Å². The fourth-order valence-corrected chi connectivity index (χ4v) is 5.79. The second kappa shape index (κ2) is 10.1. The minimum Gasteiger partial charge on any atom is -0.427 e. The number of nitriles is 1. The maximum absolute atomic E-state index is 13.6. The van der Waals surface area contributed by atoms with Crippen LogP contribution in [0.4, 0.5) is 22.4 Å². The third-order valence-corrected chi connectivity index (χ3v) is 8.22. The minimum atomic E-state index is -4.79. The van der Waals surface area contributed by atoms with Crippen LogP contribution in [0.25, 0.3) is 10.4 Å². The highest BCUT2D eigenvalue weighted by molar-refractivity contribution is 7.16. The Labute approximate surface area is 230 Å². The largest absolute Gasteiger partial charge is 0.427 e. The molecule has 1 aromatic heterocycles. The van der Waals surface area contributed by atoms with Crippen molar-refractivity contribution in [2.24, 2.45) is 0 Å². The van der Waals surface area contributed by atoms with Crippen LogP contribution in [0.3, 0.4) is 0 Å². The van der Waals surface area contributed by atoms with Crippen molar-refractivity contribution in [1.82, 2.24) is 9.80 Å². The Morgan fingerprint density at radius 1 is 1.18 bits per heavy atom. The van der Waals surface area contributed by atoms with Gasteiger partial charge in [-0.25, -0.2) is 14.1 Å². The van der Waals surface area contributed by atoms with E-state index >= 15 is 0 Å². The van der Waals surface area contributed by atoms with Crippen molar-refractivity contribution in [2.45, 2.75) is 44.1 Å². The number of aryl methyl sites for hydroxylation is 1. The maximum Gasteiger partial charge on any atom is 0.418 e. The van der Waals surface area contributed by atoms with Crippen LogP contribution in [0.1, 0.15) is 34.9 Å². The highest BCUT2D eigenvalue weighted by atomic mass is 32.1. The van der Waals surface area contributed by atoms with Gasteiger partial charge in [0.1, 0.15) is 29.4 Å². The van der Waals surface area contributed by atoms with Crippen molar-refractivity contribution in [3.8, 4) is 16.5 Å². The predicted molar refractivity (Wildman–Crippen MR) is 135 cm³/mol. The highest BCUT2D eigenvalue weighted by Crippen LogP contribution is 2.46. The fraction of sp³-hybridized carbons (Fsp3) is 0.286. The summed E-state index contributed by atoms with van der Waals surface area (Å²) in [6.45, 7) is -0.657. The Morgan fingerprint density at radius 2 is 1.90 bits per heavy atom. The molecule has 2 heterocycles. The Balaban J connectivity index is 1.38. The van der Waals surface area contributed by atoms with Crippen molar-refractivity contribution >= 4 is 29.2 Å². The van der Waals surface area contributed by atoms with Crippen molar-refractivity contribution in [2.75, 3.05) is 6.54 Å². The molecule has 1 unspecified atom stereocenters. The lowest BCUT2D eigenvalue weighted by Gasteiger charge is -2.31. The van der Waals surface area contributed by atoms with Gasteiger partial charge in [0.2, 0.25) is 11.5 Å². The summed E-state index contributed by atoms with van der Waals surface area (Å²) in [6.07, 6.45) is -5.39. The van der Waals surface area contributed by atoms with Crippen LogP contribution in [0, 0.1) is 17.1 Å². The summed E-state index contributed by atoms with van der Waals surface area (Å²) in [5, 5.41) is 9.09. The molecule has 1 aliphatic carbocycles. The van der Waals surface area contributed by atoms with Gasteiger partial charge in [-0.3, -0.25) is 9.59 Å². The Bertz CT molecular complexity index is 1550. The first-order valence-corrected chi connectivity index (χ1v) is 13.0. The number of hydrogen-bond acceptors (Lipinski definition) is 6. The van der Waals surface area contributed by atoms with Gasteiger partial charge >= 0.3 is 12.3 Å². The number of thiophene rings is 1. The standard InChI is InChI=1S/C28H21F4N3O4S/c1-16(28(30,31)32)34(14-17-2-5-20(29)6-3-17)24(36)15-35-25(37)27(39-26(35)38)11-10-18-12-19(4-8-22(18)27)23-9-7-21(13-33)40-23/h2-9,12,16H,10-11,14-15H2,1H3/t16?,27-/m1/s1. The van der Waals surface area contributed by atoms with E-state index in [4.69, 9.17) is 10.00 Å². The van der Waals surface area contributed by atoms with Gasteiger partial charge in [-0.05, 0) is 60.4 Å². The third-order valence-electron chi connectivity index (χ3n) is 7.18. The van der Waals surface area contributed by atoms with Gasteiger partial charge in [-0.15, -0.1) is 11.3 Å². The summed E-state index contributed by atoms with van der Waals surface area (Å²) in [5.74, 6) is -2.52. The number of benzene rings is 2. The number of imide groups is 1. The second-order valence-corrected chi connectivity index (χ2v) is 10.7. The second-order valence-electron chi connectivity index (χ2n) is 9.60. The first-order chi connectivity index (χ1) is 18.9. The van der Waals surface area contributed by atoms with Crippen molar-refractivity contribution < 1.29 is 36.7 Å². The summed E-state index contributed by atoms with van der Waals surface area (Å²) in [4.78, 5) is 41.9. The molecule has 3 amide bonds. The normalized spacial score (nSPS) is 18.9. The molecule has 2 atom stereocenters. The van der Waals surface area contributed by atoms with Crippen molar-refractivity contribution in [1.29, 1.82) is 5.26 Å². The van der Waals surface area contributed by atoms with Crippen LogP contribution in [-0.2, 0) is 32.9 Å². The van der Waals surface area contributed by atoms with E-state index in [1.165, 1.54) is 23.5 Å². The number of halogens is 4. The number of ether oxygens (including phenoxy) is 1. The summed E-state index contributed by atoms with van der Waals surface area (Å²) in [7, 11) is 0. The van der Waals surface area contributed by atoms with Gasteiger partial charge in [0.15, 0.2) is 0 Å². The van der Waals surface area contributed by atoms with E-state index in [9.17, 15) is 31.9 Å². The monoisotopic (exact) mass is 571 g/mol. The number of carbonyl (C=O) groups is 3. The topological polar surface area (TPSA) is 90.7 Å². The zero-order valence-electron chi connectivity index (χ0n) is 21.0. The van der Waals surface area contributed by atoms with E-state index in [2.05, 4.69) is 6.07 Å². The highest BCUT2D eigenvalue weighted by Gasteiger charge is 2.58. The molecule has 0 N–H and O–H groups in total. The number of amides is 3. The van der Waals surface area contributed by atoms with E-state index in [0.29, 0.717) is 26.7 Å². The Morgan fingerprint density at radius 3 is 2.55 bits per heavy atom. The molecular formula is C28H21F4N3O4S. The van der Waals surface area contributed by atoms with Gasteiger partial charge in [0.05, 0.1) is 0 Å².